The van der Waals surface area contributed by atoms with Gasteiger partial charge in [-0.15, -0.1) is 0 Å². The van der Waals surface area contributed by atoms with Gasteiger partial charge >= 0.3 is 12.2 Å². The summed E-state index contributed by atoms with van der Waals surface area (Å²) in [4.78, 5) is 22.1. The third-order valence-electron chi connectivity index (χ3n) is 4.68. The number of morpholine rings is 1. The summed E-state index contributed by atoms with van der Waals surface area (Å²) < 4.78 is 45.0. The molecule has 2 saturated heterocycles. The number of halogens is 3. The van der Waals surface area contributed by atoms with Crippen LogP contribution in [0.2, 0.25) is 0 Å². The summed E-state index contributed by atoms with van der Waals surface area (Å²) in [6, 6.07) is 1.33. The Morgan fingerprint density at radius 2 is 2.04 bits per heavy atom. The van der Waals surface area contributed by atoms with Gasteiger partial charge in [0.15, 0.2) is 0 Å². The average Bonchev–Trinajstić information content (AvgIpc) is 2.80. The van der Waals surface area contributed by atoms with Crippen LogP contribution in [0.5, 0.6) is 0 Å². The largest absolute Gasteiger partial charge is 0.416 e. The van der Waals surface area contributed by atoms with Gasteiger partial charge in [0.2, 0.25) is 0 Å². The van der Waals surface area contributed by atoms with E-state index in [1.54, 1.807) is 4.90 Å². The van der Waals surface area contributed by atoms with Crippen molar-refractivity contribution in [1.29, 1.82) is 0 Å². The number of carbonyl (C=O) groups excluding carboxylic acids is 1. The van der Waals surface area contributed by atoms with Gasteiger partial charge in [0.1, 0.15) is 5.82 Å². The normalized spacial score (nSPS) is 25.2. The van der Waals surface area contributed by atoms with Crippen LogP contribution in [-0.4, -0.2) is 72.8 Å². The van der Waals surface area contributed by atoms with Crippen molar-refractivity contribution in [2.45, 2.75) is 32.2 Å². The second-order valence-corrected chi connectivity index (χ2v) is 7.01. The predicted octanol–water partition coefficient (Wildman–Crippen LogP) is 2.37. The molecule has 2 aliphatic heterocycles. The van der Waals surface area contributed by atoms with Crippen LogP contribution < -0.4 is 4.90 Å². The van der Waals surface area contributed by atoms with Crippen LogP contribution in [-0.2, 0) is 10.9 Å². The van der Waals surface area contributed by atoms with Crippen LogP contribution in [0.3, 0.4) is 0 Å². The molecule has 1 aromatic rings. The Kier molecular flexibility index (Phi) is 5.12. The Bertz CT molecular complexity index is 682. The van der Waals surface area contributed by atoms with Gasteiger partial charge in [-0.2, -0.15) is 13.2 Å². The lowest BCUT2D eigenvalue weighted by molar-refractivity contribution is -0.137. The fourth-order valence-corrected chi connectivity index (χ4v) is 3.46. The SMILES string of the molecule is Cc1cc(C(F)(F)F)cc(N2C(=O)N(CC3CN(C)CCO3)CC2C)n1. The number of hydrogen-bond acceptors (Lipinski definition) is 4. The van der Waals surface area contributed by atoms with Gasteiger partial charge in [0.25, 0.3) is 0 Å². The number of amides is 2. The molecule has 6 nitrogen and oxygen atoms in total. The second kappa shape index (κ2) is 7.03. The predicted molar refractivity (Wildman–Crippen MR) is 90.1 cm³/mol. The minimum Gasteiger partial charge on any atom is -0.374 e. The highest BCUT2D eigenvalue weighted by Crippen LogP contribution is 2.33. The van der Waals surface area contributed by atoms with Crippen LogP contribution in [0.15, 0.2) is 12.1 Å². The lowest BCUT2D eigenvalue weighted by Crippen LogP contribution is -2.47. The minimum atomic E-state index is -4.48. The zero-order valence-electron chi connectivity index (χ0n) is 15.1. The first-order chi connectivity index (χ1) is 12.1. The standard InChI is InChI=1S/C17H23F3N4O2/c1-11-6-13(17(18,19)20)7-15(21-11)24-12(2)8-23(16(24)25)10-14-9-22(3)4-5-26-14/h6-7,12,14H,4-5,8-10H2,1-3H3. The van der Waals surface area contributed by atoms with Gasteiger partial charge in [-0.25, -0.2) is 9.78 Å². The fourth-order valence-electron chi connectivity index (χ4n) is 3.46. The number of urea groups is 1. The number of hydrogen-bond donors (Lipinski definition) is 0. The molecule has 0 bridgehead atoms. The Hall–Kier alpha value is -1.87. The van der Waals surface area contributed by atoms with Gasteiger partial charge in [0, 0.05) is 31.9 Å². The van der Waals surface area contributed by atoms with Crippen molar-refractivity contribution in [3.05, 3.63) is 23.4 Å². The van der Waals surface area contributed by atoms with Crippen molar-refractivity contribution in [1.82, 2.24) is 14.8 Å². The van der Waals surface area contributed by atoms with Crippen molar-refractivity contribution in [3.8, 4) is 0 Å². The molecule has 2 atom stereocenters. The minimum absolute atomic E-state index is 0.0407. The zero-order chi connectivity index (χ0) is 19.1. The smallest absolute Gasteiger partial charge is 0.374 e. The number of carbonyl (C=O) groups is 1. The van der Waals surface area contributed by atoms with Gasteiger partial charge < -0.3 is 14.5 Å². The molecule has 2 amide bonds. The molecule has 2 aliphatic rings. The summed E-state index contributed by atoms with van der Waals surface area (Å²) in [5, 5.41) is 0. The van der Waals surface area contributed by atoms with Crippen LogP contribution >= 0.6 is 0 Å². The summed E-state index contributed by atoms with van der Waals surface area (Å²) in [5.74, 6) is 0.0407. The third kappa shape index (κ3) is 3.93. The zero-order valence-corrected chi connectivity index (χ0v) is 15.1. The van der Waals surface area contributed by atoms with E-state index in [-0.39, 0.29) is 29.7 Å². The summed E-state index contributed by atoms with van der Waals surface area (Å²) in [6.45, 7) is 6.33. The van der Waals surface area contributed by atoms with Gasteiger partial charge in [0.05, 0.1) is 24.3 Å². The molecule has 0 saturated carbocycles. The summed E-state index contributed by atoms with van der Waals surface area (Å²) in [5.41, 5.74) is -0.568. The van der Waals surface area contributed by atoms with E-state index >= 15 is 0 Å². The summed E-state index contributed by atoms with van der Waals surface area (Å²) >= 11 is 0. The maximum atomic E-state index is 13.1. The highest BCUT2D eigenvalue weighted by atomic mass is 19.4. The van der Waals surface area contributed by atoms with Crippen LogP contribution in [0.25, 0.3) is 0 Å². The molecule has 3 rings (SSSR count). The Morgan fingerprint density at radius 1 is 1.31 bits per heavy atom. The quantitative estimate of drug-likeness (QED) is 0.818. The van der Waals surface area contributed by atoms with Crippen LogP contribution in [0.1, 0.15) is 18.2 Å². The van der Waals surface area contributed by atoms with E-state index in [1.807, 2.05) is 14.0 Å². The van der Waals surface area contributed by atoms with Crippen molar-refractivity contribution >= 4 is 11.8 Å². The van der Waals surface area contributed by atoms with E-state index in [0.717, 1.165) is 25.2 Å². The first-order valence-electron chi connectivity index (χ1n) is 8.59. The van der Waals surface area contributed by atoms with E-state index in [2.05, 4.69) is 9.88 Å². The Morgan fingerprint density at radius 3 is 2.69 bits per heavy atom. The van der Waals surface area contributed by atoms with Gasteiger partial charge in [-0.3, -0.25) is 4.90 Å². The van der Waals surface area contributed by atoms with E-state index in [4.69, 9.17) is 4.74 Å². The van der Waals surface area contributed by atoms with Gasteiger partial charge in [-0.1, -0.05) is 0 Å². The topological polar surface area (TPSA) is 48.9 Å². The molecule has 1 aromatic heterocycles. The molecular formula is C17H23F3N4O2. The number of nitrogens with zero attached hydrogens (tertiary/aromatic N) is 4. The molecular weight excluding hydrogens is 349 g/mol. The number of pyridine rings is 1. The molecule has 2 fully saturated rings. The van der Waals surface area contributed by atoms with E-state index in [1.165, 1.54) is 11.8 Å². The van der Waals surface area contributed by atoms with E-state index < -0.39 is 11.7 Å². The molecule has 0 aromatic carbocycles. The molecule has 26 heavy (non-hydrogen) atoms. The summed E-state index contributed by atoms with van der Waals surface area (Å²) in [6.07, 6.45) is -4.57. The number of aromatic nitrogens is 1. The molecule has 0 aliphatic carbocycles. The molecule has 3 heterocycles. The molecule has 144 valence electrons. The molecule has 0 spiro atoms. The first kappa shape index (κ1) is 18.9. The second-order valence-electron chi connectivity index (χ2n) is 7.01. The highest BCUT2D eigenvalue weighted by molar-refractivity contribution is 5.94. The number of anilines is 1. The van der Waals surface area contributed by atoms with Crippen molar-refractivity contribution < 1.29 is 22.7 Å². The average molecular weight is 372 g/mol. The summed E-state index contributed by atoms with van der Waals surface area (Å²) in [7, 11) is 1.99. The number of alkyl halides is 3. The van der Waals surface area contributed by atoms with Crippen LogP contribution in [0.4, 0.5) is 23.8 Å². The molecule has 9 heteroatoms. The number of rotatable bonds is 3. The lowest BCUT2D eigenvalue weighted by Gasteiger charge is -2.32. The molecule has 0 N–H and O–H groups in total. The van der Waals surface area contributed by atoms with Gasteiger partial charge in [-0.05, 0) is 33.0 Å². The highest BCUT2D eigenvalue weighted by Gasteiger charge is 2.39. The molecule has 2 unspecified atom stereocenters. The van der Waals surface area contributed by atoms with Crippen LogP contribution in [0, 0.1) is 6.92 Å². The number of aryl methyl sites for hydroxylation is 1. The lowest BCUT2D eigenvalue weighted by atomic mass is 10.2. The van der Waals surface area contributed by atoms with Crippen molar-refractivity contribution in [3.63, 3.8) is 0 Å². The first-order valence-corrected chi connectivity index (χ1v) is 8.59. The van der Waals surface area contributed by atoms with E-state index in [9.17, 15) is 18.0 Å². The maximum absolute atomic E-state index is 13.1. The van der Waals surface area contributed by atoms with Crippen molar-refractivity contribution in [2.75, 3.05) is 44.7 Å². The Balaban J connectivity index is 1.79. The monoisotopic (exact) mass is 372 g/mol. The fraction of sp³-hybridized carbons (Fsp3) is 0.647. The third-order valence-corrected chi connectivity index (χ3v) is 4.68. The maximum Gasteiger partial charge on any atom is 0.416 e. The van der Waals surface area contributed by atoms with Crippen molar-refractivity contribution in [2.24, 2.45) is 0 Å². The number of ether oxygens (including phenoxy) is 1. The molecule has 0 radical (unpaired) electrons. The number of likely N-dealkylation sites (N-methyl/N-ethyl adjacent to an activating group) is 1. The van der Waals surface area contributed by atoms with E-state index in [0.29, 0.717) is 19.7 Å². The Labute approximate surface area is 150 Å².